The van der Waals surface area contributed by atoms with Gasteiger partial charge in [0.25, 0.3) is 0 Å². The first kappa shape index (κ1) is 26.8. The van der Waals surface area contributed by atoms with Crippen LogP contribution in [0.25, 0.3) is 0 Å². The number of nitrogens with one attached hydrogen (secondary N) is 1. The zero-order chi connectivity index (χ0) is 26.3. The van der Waals surface area contributed by atoms with E-state index in [1.807, 2.05) is 12.1 Å². The summed E-state index contributed by atoms with van der Waals surface area (Å²) in [7, 11) is 0. The quantitative estimate of drug-likeness (QED) is 0.220. The van der Waals surface area contributed by atoms with Crippen LogP contribution in [0.3, 0.4) is 0 Å². The van der Waals surface area contributed by atoms with Crippen LogP contribution in [0, 0.1) is 5.82 Å². The molecule has 2 saturated heterocycles. The second kappa shape index (κ2) is 12.8. The van der Waals surface area contributed by atoms with Gasteiger partial charge in [-0.3, -0.25) is 0 Å². The van der Waals surface area contributed by atoms with Gasteiger partial charge in [0.15, 0.2) is 0 Å². The Balaban J connectivity index is 1.29. The smallest absolute Gasteiger partial charge is 0.250 e. The molecule has 5 rings (SSSR count). The van der Waals surface area contributed by atoms with E-state index < -0.39 is 0 Å². The van der Waals surface area contributed by atoms with Gasteiger partial charge in [-0.2, -0.15) is 20.1 Å². The molecule has 2 aromatic carbocycles. The third-order valence-corrected chi connectivity index (χ3v) is 7.76. The molecule has 1 aromatic heterocycles. The van der Waals surface area contributed by atoms with Crippen molar-refractivity contribution in [3.05, 3.63) is 62.3 Å². The highest BCUT2D eigenvalue weighted by molar-refractivity contribution is 9.11. The molecule has 38 heavy (non-hydrogen) atoms. The summed E-state index contributed by atoms with van der Waals surface area (Å²) >= 11 is 7.17. The van der Waals surface area contributed by atoms with Crippen LogP contribution in [0.5, 0.6) is 5.75 Å². The molecule has 0 unspecified atom stereocenters. The number of rotatable bonds is 8. The van der Waals surface area contributed by atoms with Crippen LogP contribution in [-0.2, 0) is 6.61 Å². The van der Waals surface area contributed by atoms with Gasteiger partial charge in [0, 0.05) is 26.2 Å². The Kier molecular flexibility index (Phi) is 9.06. The number of ether oxygens (including phenoxy) is 1. The molecule has 0 atom stereocenters. The van der Waals surface area contributed by atoms with Gasteiger partial charge in [-0.05, 0) is 106 Å². The lowest BCUT2D eigenvalue weighted by atomic mass is 10.1. The first-order valence-electron chi connectivity index (χ1n) is 13.0. The zero-order valence-electron chi connectivity index (χ0n) is 21.0. The van der Waals surface area contributed by atoms with Crippen molar-refractivity contribution in [1.82, 2.24) is 15.0 Å². The fourth-order valence-corrected chi connectivity index (χ4v) is 6.02. The van der Waals surface area contributed by atoms with Crippen LogP contribution in [-0.4, -0.2) is 47.3 Å². The molecule has 0 radical (unpaired) electrons. The molecule has 2 aliphatic heterocycles. The Bertz CT molecular complexity index is 1200. The number of aromatic nitrogens is 3. The number of piperidine rings is 2. The van der Waals surface area contributed by atoms with Gasteiger partial charge in [0.05, 0.1) is 15.2 Å². The van der Waals surface area contributed by atoms with E-state index in [1.165, 1.54) is 25.0 Å². The molecule has 0 aliphatic carbocycles. The maximum Gasteiger partial charge on any atom is 0.250 e. The van der Waals surface area contributed by atoms with Crippen molar-refractivity contribution in [2.24, 2.45) is 5.10 Å². The summed E-state index contributed by atoms with van der Waals surface area (Å²) in [5, 5.41) is 4.42. The minimum Gasteiger partial charge on any atom is -0.487 e. The van der Waals surface area contributed by atoms with Crippen molar-refractivity contribution in [3.8, 4) is 5.75 Å². The zero-order valence-corrected chi connectivity index (χ0v) is 24.2. The maximum atomic E-state index is 13.2. The van der Waals surface area contributed by atoms with Crippen molar-refractivity contribution < 1.29 is 9.13 Å². The molecule has 1 N–H and O–H groups in total. The lowest BCUT2D eigenvalue weighted by molar-refractivity contribution is 0.302. The van der Waals surface area contributed by atoms with E-state index in [-0.39, 0.29) is 5.82 Å². The molecule has 3 heterocycles. The fraction of sp³-hybridized carbons (Fsp3) is 0.407. The summed E-state index contributed by atoms with van der Waals surface area (Å²) < 4.78 is 20.7. The number of hydrogen-bond acceptors (Lipinski definition) is 8. The lowest BCUT2D eigenvalue weighted by Gasteiger charge is -2.30. The standard InChI is InChI=1S/C27H30Br2FN7O/c28-22-15-20(16-23(29)24(22)38-18-19-7-9-21(30)10-8-19)17-31-35-25-32-26(36-11-3-1-4-12-36)34-27(33-25)37-13-5-2-6-14-37/h7-10,15-17H,1-6,11-14,18H2,(H,32,33,34,35)/b31-17+. The molecule has 0 saturated carbocycles. The second-order valence-electron chi connectivity index (χ2n) is 9.45. The van der Waals surface area contributed by atoms with Gasteiger partial charge in [0.1, 0.15) is 18.2 Å². The van der Waals surface area contributed by atoms with Crippen molar-refractivity contribution in [2.45, 2.75) is 45.1 Å². The van der Waals surface area contributed by atoms with E-state index in [0.29, 0.717) is 30.2 Å². The number of benzene rings is 2. The molecule has 0 spiro atoms. The molecule has 3 aromatic rings. The highest BCUT2D eigenvalue weighted by atomic mass is 79.9. The van der Waals surface area contributed by atoms with Crippen molar-refractivity contribution in [2.75, 3.05) is 41.4 Å². The van der Waals surface area contributed by atoms with Crippen molar-refractivity contribution >= 4 is 55.9 Å². The Morgan fingerprint density at radius 2 is 1.39 bits per heavy atom. The molecule has 8 nitrogen and oxygen atoms in total. The third-order valence-electron chi connectivity index (χ3n) is 6.58. The maximum absolute atomic E-state index is 13.2. The summed E-state index contributed by atoms with van der Waals surface area (Å²) in [5.74, 6) is 2.26. The van der Waals surface area contributed by atoms with E-state index in [0.717, 1.165) is 71.9 Å². The summed E-state index contributed by atoms with van der Waals surface area (Å²) in [5.41, 5.74) is 4.75. The molecular weight excluding hydrogens is 617 g/mol. The number of nitrogens with zero attached hydrogens (tertiary/aromatic N) is 6. The molecule has 11 heteroatoms. The largest absolute Gasteiger partial charge is 0.487 e. The van der Waals surface area contributed by atoms with Crippen LogP contribution in [0.15, 0.2) is 50.4 Å². The first-order chi connectivity index (χ1) is 18.5. The van der Waals surface area contributed by atoms with Crippen LogP contribution >= 0.6 is 31.9 Å². The second-order valence-corrected chi connectivity index (χ2v) is 11.2. The summed E-state index contributed by atoms with van der Waals surface area (Å²) in [6.45, 7) is 4.17. The highest BCUT2D eigenvalue weighted by Crippen LogP contribution is 2.35. The van der Waals surface area contributed by atoms with Crippen LogP contribution in [0.1, 0.15) is 49.7 Å². The molecule has 2 fully saturated rings. The minimum atomic E-state index is -0.268. The van der Waals surface area contributed by atoms with Crippen LogP contribution in [0.2, 0.25) is 0 Å². The number of hydrogen-bond donors (Lipinski definition) is 1. The lowest BCUT2D eigenvalue weighted by Crippen LogP contribution is -2.34. The summed E-state index contributed by atoms with van der Waals surface area (Å²) in [6.07, 6.45) is 8.81. The summed E-state index contributed by atoms with van der Waals surface area (Å²) in [6, 6.07) is 10.1. The minimum absolute atomic E-state index is 0.268. The number of hydrazone groups is 1. The van der Waals surface area contributed by atoms with Crippen molar-refractivity contribution in [3.63, 3.8) is 0 Å². The monoisotopic (exact) mass is 645 g/mol. The fourth-order valence-electron chi connectivity index (χ4n) is 4.57. The van der Waals surface area contributed by atoms with E-state index in [4.69, 9.17) is 9.72 Å². The van der Waals surface area contributed by atoms with Gasteiger partial charge in [0.2, 0.25) is 17.8 Å². The van der Waals surface area contributed by atoms with E-state index >= 15 is 0 Å². The Labute approximate surface area is 239 Å². The van der Waals surface area contributed by atoms with Crippen molar-refractivity contribution in [1.29, 1.82) is 0 Å². The topological polar surface area (TPSA) is 78.8 Å². The van der Waals surface area contributed by atoms with Gasteiger partial charge < -0.3 is 14.5 Å². The van der Waals surface area contributed by atoms with E-state index in [1.54, 1.807) is 18.3 Å². The Morgan fingerprint density at radius 3 is 1.95 bits per heavy atom. The molecule has 2 aliphatic rings. The van der Waals surface area contributed by atoms with Gasteiger partial charge >= 0.3 is 0 Å². The van der Waals surface area contributed by atoms with E-state index in [9.17, 15) is 4.39 Å². The third kappa shape index (κ3) is 6.99. The number of anilines is 3. The molecule has 0 amide bonds. The normalized spacial score (nSPS) is 16.2. The average molecular weight is 647 g/mol. The Hall–Kier alpha value is -2.79. The van der Waals surface area contributed by atoms with Gasteiger partial charge in [-0.25, -0.2) is 9.82 Å². The van der Waals surface area contributed by atoms with Crippen LogP contribution < -0.4 is 20.0 Å². The SMILES string of the molecule is Fc1ccc(COc2c(Br)cc(/C=N/Nc3nc(N4CCCCC4)nc(N4CCCCC4)n3)cc2Br)cc1. The van der Waals surface area contributed by atoms with Crippen LogP contribution in [0.4, 0.5) is 22.2 Å². The predicted octanol–water partition coefficient (Wildman–Crippen LogP) is 6.54. The Morgan fingerprint density at radius 1 is 0.842 bits per heavy atom. The van der Waals surface area contributed by atoms with E-state index in [2.05, 4.69) is 62.2 Å². The van der Waals surface area contributed by atoms with Gasteiger partial charge in [-0.15, -0.1) is 0 Å². The predicted molar refractivity (Wildman–Crippen MR) is 156 cm³/mol. The highest BCUT2D eigenvalue weighted by Gasteiger charge is 2.20. The van der Waals surface area contributed by atoms with Gasteiger partial charge in [-0.1, -0.05) is 12.1 Å². The average Bonchev–Trinajstić information content (AvgIpc) is 2.94. The summed E-state index contributed by atoms with van der Waals surface area (Å²) in [4.78, 5) is 18.7. The molecular formula is C27H30Br2FN7O. The first-order valence-corrected chi connectivity index (χ1v) is 14.5. The molecule has 0 bridgehead atoms. The molecule has 200 valence electrons. The number of halogens is 3.